The molecule has 10 heteroatoms. The van der Waals surface area contributed by atoms with E-state index >= 15 is 0 Å². The fraction of sp³-hybridized carbons (Fsp3) is 0.280. The van der Waals surface area contributed by atoms with Crippen molar-refractivity contribution in [3.8, 4) is 11.4 Å². The molecule has 1 atom stereocenters. The predicted octanol–water partition coefficient (Wildman–Crippen LogP) is 4.66. The number of thioether (sulfide) groups is 1. The monoisotopic (exact) mass is 524 g/mol. The van der Waals surface area contributed by atoms with Crippen LogP contribution in [0, 0.1) is 10.9 Å². The van der Waals surface area contributed by atoms with Gasteiger partial charge < -0.3 is 10.1 Å². The third-order valence-corrected chi connectivity index (χ3v) is 8.12. The zero-order valence-corrected chi connectivity index (χ0v) is 21.5. The molecule has 180 valence electrons. The fourth-order valence-electron chi connectivity index (χ4n) is 4.08. The van der Waals surface area contributed by atoms with Crippen molar-refractivity contribution in [3.05, 3.63) is 74.5 Å². The SMILES string of the molecule is Cc1ccccc1-n1c(=S)sc2c(=O)n(-c3ccccc3)c(SCC(=O)NC[C@@H]3CCCO3)nc21. The van der Waals surface area contributed by atoms with Gasteiger partial charge in [0.2, 0.25) is 5.91 Å². The molecule has 0 unspecified atom stereocenters. The van der Waals surface area contributed by atoms with Gasteiger partial charge in [-0.1, -0.05) is 59.5 Å². The molecule has 3 heterocycles. The standard InChI is InChI=1S/C25H24N4O3S3/c1-16-8-5-6-12-19(16)29-22-21(35-25(29)33)23(31)28(17-9-3-2-4-10-17)24(27-22)34-15-20(30)26-14-18-11-7-13-32-18/h2-6,8-10,12,18H,7,11,13-15H2,1H3,(H,26,30)/t18-/m0/s1. The van der Waals surface area contributed by atoms with Gasteiger partial charge in [-0.2, -0.15) is 0 Å². The minimum absolute atomic E-state index is 0.0743. The van der Waals surface area contributed by atoms with Crippen molar-refractivity contribution < 1.29 is 9.53 Å². The van der Waals surface area contributed by atoms with Crippen molar-refractivity contribution in [3.63, 3.8) is 0 Å². The van der Waals surface area contributed by atoms with Crippen LogP contribution in [0.4, 0.5) is 0 Å². The van der Waals surface area contributed by atoms with Gasteiger partial charge in [0.15, 0.2) is 14.8 Å². The molecule has 2 aromatic heterocycles. The van der Waals surface area contributed by atoms with Crippen molar-refractivity contribution in [2.75, 3.05) is 18.9 Å². The van der Waals surface area contributed by atoms with E-state index in [-0.39, 0.29) is 23.3 Å². The van der Waals surface area contributed by atoms with E-state index in [0.29, 0.717) is 31.7 Å². The second-order valence-electron chi connectivity index (χ2n) is 8.24. The number of nitrogens with zero attached hydrogens (tertiary/aromatic N) is 3. The number of carbonyl (C=O) groups excluding carboxylic acids is 1. The van der Waals surface area contributed by atoms with Gasteiger partial charge in [-0.15, -0.1) is 0 Å². The smallest absolute Gasteiger partial charge is 0.278 e. The highest BCUT2D eigenvalue weighted by molar-refractivity contribution is 7.99. The average molecular weight is 525 g/mol. The number of hydrogen-bond acceptors (Lipinski definition) is 7. The van der Waals surface area contributed by atoms with Crippen LogP contribution in [0.3, 0.4) is 0 Å². The molecule has 35 heavy (non-hydrogen) atoms. The summed E-state index contributed by atoms with van der Waals surface area (Å²) in [5.74, 6) is 0.00716. The van der Waals surface area contributed by atoms with Crippen LogP contribution in [-0.4, -0.2) is 45.0 Å². The van der Waals surface area contributed by atoms with Crippen molar-refractivity contribution in [2.24, 2.45) is 0 Å². The minimum Gasteiger partial charge on any atom is -0.376 e. The van der Waals surface area contributed by atoms with Crippen LogP contribution in [-0.2, 0) is 9.53 Å². The molecular weight excluding hydrogens is 501 g/mol. The Kier molecular flexibility index (Phi) is 7.14. The molecule has 0 spiro atoms. The lowest BCUT2D eigenvalue weighted by atomic mass is 10.2. The van der Waals surface area contributed by atoms with E-state index in [2.05, 4.69) is 5.32 Å². The Balaban J connectivity index is 1.55. The average Bonchev–Trinajstić information content (AvgIpc) is 3.50. The van der Waals surface area contributed by atoms with Crippen molar-refractivity contribution in [2.45, 2.75) is 31.0 Å². The Morgan fingerprint density at radius 1 is 1.20 bits per heavy atom. The summed E-state index contributed by atoms with van der Waals surface area (Å²) in [6, 6.07) is 17.2. The summed E-state index contributed by atoms with van der Waals surface area (Å²) in [7, 11) is 0. The number of benzene rings is 2. The number of thiazole rings is 1. The Morgan fingerprint density at radius 3 is 2.71 bits per heavy atom. The molecule has 4 aromatic rings. The van der Waals surface area contributed by atoms with E-state index in [4.69, 9.17) is 21.9 Å². The zero-order chi connectivity index (χ0) is 24.4. The molecule has 2 aromatic carbocycles. The van der Waals surface area contributed by atoms with Crippen LogP contribution in [0.1, 0.15) is 18.4 Å². The zero-order valence-electron chi connectivity index (χ0n) is 19.1. The fourth-order valence-corrected chi connectivity index (χ4v) is 6.20. The van der Waals surface area contributed by atoms with Gasteiger partial charge in [0.25, 0.3) is 5.56 Å². The van der Waals surface area contributed by atoms with Crippen molar-refractivity contribution >= 4 is 51.6 Å². The number of aromatic nitrogens is 3. The number of para-hydroxylation sites is 2. The highest BCUT2D eigenvalue weighted by Crippen LogP contribution is 2.28. The van der Waals surface area contributed by atoms with Crippen LogP contribution >= 0.6 is 35.3 Å². The summed E-state index contributed by atoms with van der Waals surface area (Å²) in [5.41, 5.74) is 2.91. The first-order chi connectivity index (χ1) is 17.0. The van der Waals surface area contributed by atoms with Gasteiger partial charge in [0.1, 0.15) is 4.70 Å². The second-order valence-corrected chi connectivity index (χ2v) is 10.8. The van der Waals surface area contributed by atoms with E-state index in [0.717, 1.165) is 30.7 Å². The van der Waals surface area contributed by atoms with Gasteiger partial charge in [0, 0.05) is 13.2 Å². The number of aryl methyl sites for hydroxylation is 1. The number of ether oxygens (including phenoxy) is 1. The van der Waals surface area contributed by atoms with Crippen molar-refractivity contribution in [1.82, 2.24) is 19.4 Å². The Hall–Kier alpha value is -2.79. The quantitative estimate of drug-likeness (QED) is 0.215. The van der Waals surface area contributed by atoms with Crippen LogP contribution in [0.15, 0.2) is 64.5 Å². The number of amides is 1. The maximum absolute atomic E-state index is 13.7. The molecule has 0 aliphatic carbocycles. The molecule has 1 saturated heterocycles. The molecule has 1 aliphatic heterocycles. The lowest BCUT2D eigenvalue weighted by Crippen LogP contribution is -2.33. The van der Waals surface area contributed by atoms with Gasteiger partial charge in [0.05, 0.1) is 23.2 Å². The summed E-state index contributed by atoms with van der Waals surface area (Å²) >= 11 is 8.15. The highest BCUT2D eigenvalue weighted by Gasteiger charge is 2.21. The summed E-state index contributed by atoms with van der Waals surface area (Å²) < 4.78 is 10.0. The molecular formula is C25H24N4O3S3. The third kappa shape index (κ3) is 4.97. The largest absolute Gasteiger partial charge is 0.376 e. The maximum Gasteiger partial charge on any atom is 0.278 e. The molecule has 0 radical (unpaired) electrons. The van der Waals surface area contributed by atoms with E-state index < -0.39 is 0 Å². The topological polar surface area (TPSA) is 78.2 Å². The number of nitrogens with one attached hydrogen (secondary N) is 1. The molecule has 7 nitrogen and oxygen atoms in total. The van der Waals surface area contributed by atoms with Gasteiger partial charge in [-0.25, -0.2) is 4.98 Å². The van der Waals surface area contributed by atoms with Gasteiger partial charge >= 0.3 is 0 Å². The normalized spacial score (nSPS) is 15.5. The lowest BCUT2D eigenvalue weighted by Gasteiger charge is -2.14. The van der Waals surface area contributed by atoms with Crippen LogP contribution in [0.2, 0.25) is 0 Å². The number of hydrogen-bond donors (Lipinski definition) is 1. The lowest BCUT2D eigenvalue weighted by molar-refractivity contribution is -0.119. The van der Waals surface area contributed by atoms with E-state index in [1.165, 1.54) is 23.1 Å². The van der Waals surface area contributed by atoms with Gasteiger partial charge in [-0.05, 0) is 55.7 Å². The Bertz CT molecular complexity index is 1490. The van der Waals surface area contributed by atoms with E-state index in [1.807, 2.05) is 66.1 Å². The maximum atomic E-state index is 13.7. The van der Waals surface area contributed by atoms with E-state index in [1.54, 1.807) is 4.57 Å². The molecule has 0 bridgehead atoms. The summed E-state index contributed by atoms with van der Waals surface area (Å²) in [6.07, 6.45) is 2.06. The van der Waals surface area contributed by atoms with Crippen LogP contribution in [0.5, 0.6) is 0 Å². The van der Waals surface area contributed by atoms with E-state index in [9.17, 15) is 9.59 Å². The first-order valence-electron chi connectivity index (χ1n) is 11.3. The number of rotatable bonds is 7. The molecule has 1 amide bonds. The van der Waals surface area contributed by atoms with Crippen LogP contribution < -0.4 is 10.9 Å². The summed E-state index contributed by atoms with van der Waals surface area (Å²) in [6.45, 7) is 3.24. The van der Waals surface area contributed by atoms with Gasteiger partial charge in [-0.3, -0.25) is 18.7 Å². The predicted molar refractivity (Wildman–Crippen MR) is 143 cm³/mol. The van der Waals surface area contributed by atoms with Crippen molar-refractivity contribution in [1.29, 1.82) is 0 Å². The summed E-state index contributed by atoms with van der Waals surface area (Å²) in [4.78, 5) is 31.2. The Labute approximate surface area is 215 Å². The number of fused-ring (bicyclic) bond motifs is 1. The van der Waals surface area contributed by atoms with Crippen LogP contribution in [0.25, 0.3) is 21.7 Å². The molecule has 0 saturated carbocycles. The first kappa shape index (κ1) is 23.9. The molecule has 5 rings (SSSR count). The Morgan fingerprint density at radius 2 is 1.97 bits per heavy atom. The highest BCUT2D eigenvalue weighted by atomic mass is 32.2. The number of carbonyl (C=O) groups is 1. The summed E-state index contributed by atoms with van der Waals surface area (Å²) in [5, 5.41) is 3.38. The molecule has 1 N–H and O–H groups in total. The minimum atomic E-state index is -0.202. The third-order valence-electron chi connectivity index (χ3n) is 5.83. The molecule has 1 aliphatic rings. The molecule has 1 fully saturated rings. The second kappa shape index (κ2) is 10.4. The first-order valence-corrected chi connectivity index (χ1v) is 13.5.